The van der Waals surface area contributed by atoms with Crippen LogP contribution in [0.25, 0.3) is 0 Å². The molecule has 0 saturated carbocycles. The van der Waals surface area contributed by atoms with Crippen LogP contribution >= 0.6 is 0 Å². The molecule has 1 aliphatic heterocycles. The molecule has 2 aromatic carbocycles. The number of sulfonamides is 1. The first kappa shape index (κ1) is 23.1. The number of ether oxygens (including phenoxy) is 2. The number of hydrogen-bond donors (Lipinski definition) is 1. The number of rotatable bonds is 7. The summed E-state index contributed by atoms with van der Waals surface area (Å²) in [6, 6.07) is 12.4. The van der Waals surface area contributed by atoms with E-state index in [0.717, 1.165) is 16.9 Å². The molecule has 1 amide bonds. The second-order valence-corrected chi connectivity index (χ2v) is 9.77. The molecule has 0 spiro atoms. The van der Waals surface area contributed by atoms with Crippen LogP contribution < -0.4 is 14.8 Å². The Bertz CT molecular complexity index is 1020. The molecule has 1 saturated heterocycles. The smallest absolute Gasteiger partial charge is 0.246 e. The Morgan fingerprint density at radius 1 is 1.13 bits per heavy atom. The summed E-state index contributed by atoms with van der Waals surface area (Å²) in [4.78, 5) is 13.1. The Hall–Kier alpha value is -2.58. The first-order chi connectivity index (χ1) is 14.8. The minimum absolute atomic E-state index is 0.139. The fourth-order valence-corrected chi connectivity index (χ4v) is 5.57. The van der Waals surface area contributed by atoms with Crippen LogP contribution in [0.3, 0.4) is 0 Å². The molecule has 0 bridgehead atoms. The Labute approximate surface area is 184 Å². The zero-order valence-electron chi connectivity index (χ0n) is 18.4. The third-order valence-corrected chi connectivity index (χ3v) is 7.55. The molecule has 31 heavy (non-hydrogen) atoms. The highest BCUT2D eigenvalue weighted by Gasteiger charge is 2.35. The number of hydrogen-bond acceptors (Lipinski definition) is 5. The van der Waals surface area contributed by atoms with Gasteiger partial charge in [-0.2, -0.15) is 4.31 Å². The molecule has 1 heterocycles. The van der Waals surface area contributed by atoms with Crippen LogP contribution in [0.4, 0.5) is 0 Å². The largest absolute Gasteiger partial charge is 0.497 e. The third kappa shape index (κ3) is 5.19. The maximum Gasteiger partial charge on any atom is 0.246 e. The van der Waals surface area contributed by atoms with Gasteiger partial charge in [0, 0.05) is 13.1 Å². The van der Waals surface area contributed by atoms with E-state index in [1.54, 1.807) is 19.2 Å². The van der Waals surface area contributed by atoms with E-state index in [9.17, 15) is 13.2 Å². The van der Waals surface area contributed by atoms with Gasteiger partial charge in [-0.05, 0) is 62.1 Å². The zero-order valence-corrected chi connectivity index (χ0v) is 19.2. The van der Waals surface area contributed by atoms with Gasteiger partial charge in [-0.15, -0.1) is 0 Å². The molecule has 8 heteroatoms. The van der Waals surface area contributed by atoms with Crippen molar-refractivity contribution in [3.8, 4) is 11.5 Å². The van der Waals surface area contributed by atoms with Gasteiger partial charge in [0.05, 0.1) is 26.2 Å². The molecule has 1 fully saturated rings. The minimum Gasteiger partial charge on any atom is -0.497 e. The number of methoxy groups -OCH3 is 2. The number of piperidine rings is 1. The average Bonchev–Trinajstić information content (AvgIpc) is 2.79. The van der Waals surface area contributed by atoms with E-state index in [0.29, 0.717) is 25.1 Å². The van der Waals surface area contributed by atoms with Crippen LogP contribution in [0.15, 0.2) is 47.4 Å². The quantitative estimate of drug-likeness (QED) is 0.706. The van der Waals surface area contributed by atoms with E-state index in [1.807, 2.05) is 44.2 Å². The topological polar surface area (TPSA) is 84.9 Å². The summed E-state index contributed by atoms with van der Waals surface area (Å²) in [5.74, 6) is 0.520. The number of nitrogens with one attached hydrogen (secondary N) is 1. The Morgan fingerprint density at radius 3 is 2.48 bits per heavy atom. The number of aryl methyl sites for hydroxylation is 1. The van der Waals surface area contributed by atoms with Gasteiger partial charge in [-0.3, -0.25) is 4.79 Å². The van der Waals surface area contributed by atoms with E-state index in [1.165, 1.54) is 11.4 Å². The Morgan fingerprint density at radius 2 is 1.84 bits per heavy atom. The van der Waals surface area contributed by atoms with E-state index in [2.05, 4.69) is 5.32 Å². The van der Waals surface area contributed by atoms with Gasteiger partial charge in [0.25, 0.3) is 0 Å². The first-order valence-corrected chi connectivity index (χ1v) is 11.8. The highest BCUT2D eigenvalue weighted by atomic mass is 32.2. The van der Waals surface area contributed by atoms with Crippen molar-refractivity contribution in [3.05, 3.63) is 53.6 Å². The Balaban J connectivity index is 1.72. The Kier molecular flexibility index (Phi) is 7.23. The lowest BCUT2D eigenvalue weighted by Gasteiger charge is -2.32. The third-order valence-electron chi connectivity index (χ3n) is 5.67. The molecule has 3 rings (SSSR count). The summed E-state index contributed by atoms with van der Waals surface area (Å²) >= 11 is 0. The minimum atomic E-state index is -3.77. The van der Waals surface area contributed by atoms with Crippen LogP contribution in [-0.2, 0) is 14.8 Å². The van der Waals surface area contributed by atoms with Crippen molar-refractivity contribution in [2.75, 3.05) is 27.3 Å². The van der Waals surface area contributed by atoms with Gasteiger partial charge in [0.15, 0.2) is 0 Å². The number of carbonyl (C=O) groups excluding carboxylic acids is 1. The monoisotopic (exact) mass is 446 g/mol. The molecular formula is C23H30N2O5S. The summed E-state index contributed by atoms with van der Waals surface area (Å²) < 4.78 is 38.4. The van der Waals surface area contributed by atoms with Gasteiger partial charge >= 0.3 is 0 Å². The molecule has 0 unspecified atom stereocenters. The van der Waals surface area contributed by atoms with Crippen LogP contribution in [0.2, 0.25) is 0 Å². The standard InChI is InChI=1S/C23H30N2O5S/c1-16-7-12-21(30-4)22(14-16)31(27,28)25-13-5-6-19(15-25)23(26)24-17(2)18-8-10-20(29-3)11-9-18/h7-12,14,17,19H,5-6,13,15H2,1-4H3,(H,24,26)/t17-,19+/m1/s1. The maximum atomic E-state index is 13.3. The lowest BCUT2D eigenvalue weighted by molar-refractivity contribution is -0.126. The van der Waals surface area contributed by atoms with E-state index in [4.69, 9.17) is 9.47 Å². The van der Waals surface area contributed by atoms with Crippen molar-refractivity contribution in [2.45, 2.75) is 37.6 Å². The fourth-order valence-electron chi connectivity index (χ4n) is 3.81. The lowest BCUT2D eigenvalue weighted by Crippen LogP contribution is -2.45. The van der Waals surface area contributed by atoms with Gasteiger partial charge in [0.2, 0.25) is 15.9 Å². The maximum absolute atomic E-state index is 13.3. The van der Waals surface area contributed by atoms with Crippen molar-refractivity contribution in [2.24, 2.45) is 5.92 Å². The highest BCUT2D eigenvalue weighted by molar-refractivity contribution is 7.89. The van der Waals surface area contributed by atoms with Crippen LogP contribution in [-0.4, -0.2) is 45.9 Å². The molecular weight excluding hydrogens is 416 g/mol. The van der Waals surface area contributed by atoms with E-state index >= 15 is 0 Å². The molecule has 168 valence electrons. The van der Waals surface area contributed by atoms with Gasteiger partial charge in [0.1, 0.15) is 16.4 Å². The number of amides is 1. The van der Waals surface area contributed by atoms with Crippen LogP contribution in [0.1, 0.15) is 36.9 Å². The second kappa shape index (κ2) is 9.70. The summed E-state index contributed by atoms with van der Waals surface area (Å²) in [5, 5.41) is 3.02. The summed E-state index contributed by atoms with van der Waals surface area (Å²) in [6.07, 6.45) is 1.28. The first-order valence-electron chi connectivity index (χ1n) is 10.4. The number of nitrogens with zero attached hydrogens (tertiary/aromatic N) is 1. The molecule has 0 aliphatic carbocycles. The van der Waals surface area contributed by atoms with Gasteiger partial charge in [-0.25, -0.2) is 8.42 Å². The van der Waals surface area contributed by atoms with Crippen molar-refractivity contribution in [3.63, 3.8) is 0 Å². The molecule has 0 aromatic heterocycles. The molecule has 1 aliphatic rings. The molecule has 2 aromatic rings. The van der Waals surface area contributed by atoms with Gasteiger partial charge in [-0.1, -0.05) is 18.2 Å². The summed E-state index contributed by atoms with van der Waals surface area (Å²) in [5.41, 5.74) is 1.79. The number of benzene rings is 2. The van der Waals surface area contributed by atoms with Crippen molar-refractivity contribution >= 4 is 15.9 Å². The zero-order chi connectivity index (χ0) is 22.6. The van der Waals surface area contributed by atoms with Crippen molar-refractivity contribution in [1.29, 1.82) is 0 Å². The predicted octanol–water partition coefficient (Wildman–Crippen LogP) is 3.29. The number of carbonyl (C=O) groups is 1. The molecule has 7 nitrogen and oxygen atoms in total. The van der Waals surface area contributed by atoms with Crippen LogP contribution in [0, 0.1) is 12.8 Å². The van der Waals surface area contributed by atoms with Gasteiger partial charge < -0.3 is 14.8 Å². The molecule has 1 N–H and O–H groups in total. The second-order valence-electron chi connectivity index (χ2n) is 7.86. The lowest BCUT2D eigenvalue weighted by atomic mass is 9.98. The normalized spacial score (nSPS) is 18.3. The van der Waals surface area contributed by atoms with Crippen molar-refractivity contribution in [1.82, 2.24) is 9.62 Å². The van der Waals surface area contributed by atoms with E-state index < -0.39 is 15.9 Å². The fraction of sp³-hybridized carbons (Fsp3) is 0.435. The van der Waals surface area contributed by atoms with Crippen molar-refractivity contribution < 1.29 is 22.7 Å². The summed E-state index contributed by atoms with van der Waals surface area (Å²) in [7, 11) is -0.706. The predicted molar refractivity (Wildman–Crippen MR) is 119 cm³/mol. The van der Waals surface area contributed by atoms with Crippen LogP contribution in [0.5, 0.6) is 11.5 Å². The summed E-state index contributed by atoms with van der Waals surface area (Å²) in [6.45, 7) is 4.29. The average molecular weight is 447 g/mol. The highest BCUT2D eigenvalue weighted by Crippen LogP contribution is 2.31. The molecule has 0 radical (unpaired) electrons. The van der Waals surface area contributed by atoms with E-state index in [-0.39, 0.29) is 23.4 Å². The SMILES string of the molecule is COc1ccc([C@@H](C)NC(=O)[C@H]2CCCN(S(=O)(=O)c3cc(C)ccc3OC)C2)cc1. The molecule has 2 atom stereocenters.